The molecule has 0 atom stereocenters. The van der Waals surface area contributed by atoms with Crippen molar-refractivity contribution in [3.8, 4) is 23.3 Å². The first-order valence-corrected chi connectivity index (χ1v) is 11.0. The molecule has 0 saturated heterocycles. The second-order valence-electron chi connectivity index (χ2n) is 6.90. The molecule has 0 bridgehead atoms. The van der Waals surface area contributed by atoms with Crippen molar-refractivity contribution in [1.29, 1.82) is 5.26 Å². The van der Waals surface area contributed by atoms with Gasteiger partial charge in [-0.05, 0) is 66.2 Å². The van der Waals surface area contributed by atoms with E-state index in [-0.39, 0.29) is 32.7 Å². The van der Waals surface area contributed by atoms with Crippen LogP contribution < -0.4 is 19.5 Å². The molecule has 3 aromatic carbocycles. The normalized spacial score (nSPS) is 10.8. The van der Waals surface area contributed by atoms with E-state index in [0.29, 0.717) is 22.0 Å². The highest BCUT2D eigenvalue weighted by atomic mass is 35.5. The van der Waals surface area contributed by atoms with Gasteiger partial charge in [-0.3, -0.25) is 4.79 Å². The number of nitriles is 1. The molecule has 0 unspecified atom stereocenters. The van der Waals surface area contributed by atoms with Crippen LogP contribution in [0.3, 0.4) is 0 Å². The van der Waals surface area contributed by atoms with Crippen LogP contribution in [0.4, 0.5) is 5.69 Å². The molecule has 0 saturated carbocycles. The van der Waals surface area contributed by atoms with Gasteiger partial charge in [0, 0.05) is 5.69 Å². The van der Waals surface area contributed by atoms with Crippen molar-refractivity contribution < 1.29 is 23.8 Å². The lowest BCUT2D eigenvalue weighted by Gasteiger charge is -2.12. The monoisotopic (exact) mass is 530 g/mol. The quantitative estimate of drug-likeness (QED) is 0.163. The number of ether oxygens (including phenoxy) is 3. The Balaban J connectivity index is 1.84. The minimum atomic E-state index is -0.670. The first-order chi connectivity index (χ1) is 16.7. The van der Waals surface area contributed by atoms with Gasteiger partial charge in [0.2, 0.25) is 0 Å². The van der Waals surface area contributed by atoms with Crippen molar-refractivity contribution in [1.82, 2.24) is 0 Å². The fourth-order valence-electron chi connectivity index (χ4n) is 2.89. The van der Waals surface area contributed by atoms with Gasteiger partial charge in [0.1, 0.15) is 17.4 Å². The van der Waals surface area contributed by atoms with Crippen molar-refractivity contribution in [3.63, 3.8) is 0 Å². The summed E-state index contributed by atoms with van der Waals surface area (Å²) in [7, 11) is 2.88. The summed E-state index contributed by atoms with van der Waals surface area (Å²) in [4.78, 5) is 25.1. The number of hydrogen-bond donors (Lipinski definition) is 1. The maximum atomic E-state index is 12.6. The molecule has 0 aliphatic carbocycles. The van der Waals surface area contributed by atoms with Gasteiger partial charge >= 0.3 is 5.97 Å². The van der Waals surface area contributed by atoms with Gasteiger partial charge in [0.15, 0.2) is 11.5 Å². The SMILES string of the molecule is COc1ccc(C(=O)Oc2c(Cl)cc(/C=C(\C#N)C(=O)Nc3ccc(Cl)c(Cl)c3)cc2OC)cc1. The zero-order valence-corrected chi connectivity index (χ0v) is 20.7. The fraction of sp³-hybridized carbons (Fsp3) is 0.0800. The van der Waals surface area contributed by atoms with Crippen LogP contribution in [0, 0.1) is 11.3 Å². The van der Waals surface area contributed by atoms with Crippen molar-refractivity contribution in [2.24, 2.45) is 0 Å². The summed E-state index contributed by atoms with van der Waals surface area (Å²) < 4.78 is 15.8. The summed E-state index contributed by atoms with van der Waals surface area (Å²) in [6.45, 7) is 0. The van der Waals surface area contributed by atoms with Gasteiger partial charge in [0.25, 0.3) is 5.91 Å². The highest BCUT2D eigenvalue weighted by Gasteiger charge is 2.18. The largest absolute Gasteiger partial charge is 0.497 e. The van der Waals surface area contributed by atoms with Crippen molar-refractivity contribution in [3.05, 3.63) is 86.4 Å². The number of amides is 1. The lowest BCUT2D eigenvalue weighted by atomic mass is 10.1. The Kier molecular flexibility index (Phi) is 8.61. The van der Waals surface area contributed by atoms with Crippen LogP contribution in [-0.4, -0.2) is 26.1 Å². The highest BCUT2D eigenvalue weighted by Crippen LogP contribution is 2.37. The Labute approximate surface area is 216 Å². The molecule has 0 spiro atoms. The number of carbonyl (C=O) groups excluding carboxylic acids is 2. The predicted octanol–water partition coefficient (Wildman–Crippen LogP) is 6.43. The van der Waals surface area contributed by atoms with E-state index in [9.17, 15) is 14.9 Å². The summed E-state index contributed by atoms with van der Waals surface area (Å²) in [5, 5.41) is 12.7. The van der Waals surface area contributed by atoms with E-state index in [1.165, 1.54) is 44.6 Å². The Morgan fingerprint density at radius 1 is 0.914 bits per heavy atom. The standard InChI is InChI=1S/C25H17Cl3N2O5/c1-33-18-6-3-15(4-7-18)25(32)35-23-21(28)10-14(11-22(23)34-2)9-16(13-29)24(31)30-17-5-8-19(26)20(27)12-17/h3-12H,1-2H3,(H,30,31)/b16-9+. The van der Waals surface area contributed by atoms with Crippen LogP contribution in [0.15, 0.2) is 60.2 Å². The molecule has 3 rings (SSSR count). The van der Waals surface area contributed by atoms with E-state index in [1.807, 2.05) is 6.07 Å². The number of methoxy groups -OCH3 is 2. The van der Waals surface area contributed by atoms with E-state index in [4.69, 9.17) is 49.0 Å². The van der Waals surface area contributed by atoms with Crippen LogP contribution >= 0.6 is 34.8 Å². The van der Waals surface area contributed by atoms with Gasteiger partial charge in [-0.15, -0.1) is 0 Å². The molecule has 0 aliphatic heterocycles. The smallest absolute Gasteiger partial charge is 0.343 e. The van der Waals surface area contributed by atoms with E-state index < -0.39 is 11.9 Å². The van der Waals surface area contributed by atoms with Gasteiger partial charge in [-0.25, -0.2) is 4.79 Å². The summed E-state index contributed by atoms with van der Waals surface area (Å²) in [5.41, 5.74) is 0.801. The van der Waals surface area contributed by atoms with E-state index in [1.54, 1.807) is 30.3 Å². The van der Waals surface area contributed by atoms with Crippen molar-refractivity contribution in [2.75, 3.05) is 19.5 Å². The van der Waals surface area contributed by atoms with Crippen LogP contribution in [-0.2, 0) is 4.79 Å². The molecular weight excluding hydrogens is 515 g/mol. The summed E-state index contributed by atoms with van der Waals surface area (Å²) in [6.07, 6.45) is 1.32. The first kappa shape index (κ1) is 25.9. The number of nitrogens with zero attached hydrogens (tertiary/aromatic N) is 1. The van der Waals surface area contributed by atoms with Crippen LogP contribution in [0.5, 0.6) is 17.2 Å². The second kappa shape index (κ2) is 11.6. The molecule has 0 heterocycles. The van der Waals surface area contributed by atoms with E-state index in [2.05, 4.69) is 5.32 Å². The molecule has 0 aliphatic rings. The molecule has 0 fully saturated rings. The Morgan fingerprint density at radius 3 is 2.23 bits per heavy atom. The van der Waals surface area contributed by atoms with E-state index >= 15 is 0 Å². The van der Waals surface area contributed by atoms with Crippen LogP contribution in [0.1, 0.15) is 15.9 Å². The summed E-state index contributed by atoms with van der Waals surface area (Å²) in [6, 6.07) is 15.6. The third-order valence-corrected chi connectivity index (χ3v) is 5.65. The maximum absolute atomic E-state index is 12.6. The molecule has 7 nitrogen and oxygen atoms in total. The van der Waals surface area contributed by atoms with Gasteiger partial charge in [-0.1, -0.05) is 34.8 Å². The summed E-state index contributed by atoms with van der Waals surface area (Å²) in [5.74, 6) is -0.616. The molecule has 1 N–H and O–H groups in total. The zero-order chi connectivity index (χ0) is 25.5. The minimum Gasteiger partial charge on any atom is -0.497 e. The number of rotatable bonds is 7. The molecule has 0 aromatic heterocycles. The maximum Gasteiger partial charge on any atom is 0.343 e. The van der Waals surface area contributed by atoms with Crippen molar-refractivity contribution in [2.45, 2.75) is 0 Å². The molecule has 3 aromatic rings. The molecular formula is C25H17Cl3N2O5. The van der Waals surface area contributed by atoms with Crippen molar-refractivity contribution >= 4 is 58.4 Å². The van der Waals surface area contributed by atoms with E-state index in [0.717, 1.165) is 0 Å². The molecule has 178 valence electrons. The first-order valence-electron chi connectivity index (χ1n) is 9.87. The second-order valence-corrected chi connectivity index (χ2v) is 8.13. The number of esters is 1. The molecule has 35 heavy (non-hydrogen) atoms. The van der Waals surface area contributed by atoms with Gasteiger partial charge < -0.3 is 19.5 Å². The number of benzene rings is 3. The third kappa shape index (κ3) is 6.46. The zero-order valence-electron chi connectivity index (χ0n) is 18.4. The predicted molar refractivity (Wildman–Crippen MR) is 135 cm³/mol. The van der Waals surface area contributed by atoms with Gasteiger partial charge in [0.05, 0.1) is 34.9 Å². The number of halogens is 3. The van der Waals surface area contributed by atoms with Crippen LogP contribution in [0.25, 0.3) is 6.08 Å². The number of anilines is 1. The average molecular weight is 532 g/mol. The Morgan fingerprint density at radius 2 is 1.63 bits per heavy atom. The number of nitrogens with one attached hydrogen (secondary N) is 1. The Bertz CT molecular complexity index is 1350. The number of carbonyl (C=O) groups is 2. The summed E-state index contributed by atoms with van der Waals surface area (Å²) >= 11 is 18.2. The van der Waals surface area contributed by atoms with Crippen LogP contribution in [0.2, 0.25) is 15.1 Å². The highest BCUT2D eigenvalue weighted by molar-refractivity contribution is 6.42. The minimum absolute atomic E-state index is 0.00843. The third-order valence-electron chi connectivity index (χ3n) is 4.63. The Hall–Kier alpha value is -3.70. The molecule has 1 amide bonds. The molecule has 10 heteroatoms. The topological polar surface area (TPSA) is 97.7 Å². The molecule has 0 radical (unpaired) electrons. The van der Waals surface area contributed by atoms with Gasteiger partial charge in [-0.2, -0.15) is 5.26 Å². The lowest BCUT2D eigenvalue weighted by Crippen LogP contribution is -2.13. The number of hydrogen-bond acceptors (Lipinski definition) is 6. The average Bonchev–Trinajstić information content (AvgIpc) is 2.85. The fourth-order valence-corrected chi connectivity index (χ4v) is 3.44. The lowest BCUT2D eigenvalue weighted by molar-refractivity contribution is -0.112.